The van der Waals surface area contributed by atoms with Crippen molar-refractivity contribution in [3.05, 3.63) is 45.4 Å². The highest BCUT2D eigenvalue weighted by molar-refractivity contribution is 7.80. The molecule has 11 heteroatoms. The Morgan fingerprint density at radius 3 is 1.86 bits per heavy atom. The summed E-state index contributed by atoms with van der Waals surface area (Å²) < 4.78 is 44.8. The van der Waals surface area contributed by atoms with Gasteiger partial charge in [0.05, 0.1) is 31.9 Å². The Hall–Kier alpha value is -3.61. The van der Waals surface area contributed by atoms with Gasteiger partial charge in [0.2, 0.25) is 0 Å². The molecule has 28 heavy (non-hydrogen) atoms. The Morgan fingerprint density at radius 2 is 1.50 bits per heavy atom. The Kier molecular flexibility index (Phi) is 8.43. The van der Waals surface area contributed by atoms with Gasteiger partial charge in [-0.3, -0.25) is 4.55 Å². The van der Waals surface area contributed by atoms with E-state index in [4.69, 9.17) is 27.2 Å². The van der Waals surface area contributed by atoms with Crippen LogP contribution in [0.15, 0.2) is 12.1 Å². The fraction of sp³-hybridized carbons (Fsp3) is 0.294. The average molecular weight is 402 g/mol. The third kappa shape index (κ3) is 6.28. The van der Waals surface area contributed by atoms with Gasteiger partial charge in [-0.1, -0.05) is 6.92 Å². The number of hydrogen-bond donors (Lipinski definition) is 1. The topological polar surface area (TPSA) is 138 Å². The maximum atomic E-state index is 10.6. The van der Waals surface area contributed by atoms with Gasteiger partial charge < -0.3 is 9.47 Å². The molecule has 0 radical (unpaired) electrons. The zero-order chi connectivity index (χ0) is 21.2. The lowest BCUT2D eigenvalue weighted by atomic mass is 10.1. The highest BCUT2D eigenvalue weighted by atomic mass is 32.3. The highest BCUT2D eigenvalue weighted by Crippen LogP contribution is 2.12. The van der Waals surface area contributed by atoms with Crippen molar-refractivity contribution < 1.29 is 26.6 Å². The van der Waals surface area contributed by atoms with Crippen molar-refractivity contribution in [3.8, 4) is 23.6 Å². The van der Waals surface area contributed by atoms with E-state index in [9.17, 15) is 18.9 Å². The number of nitrogens with zero attached hydrogens (tertiary/aromatic N) is 4. The van der Waals surface area contributed by atoms with Crippen molar-refractivity contribution in [1.82, 2.24) is 0 Å². The predicted molar refractivity (Wildman–Crippen MR) is 95.7 cm³/mol. The number of ether oxygens (including phenoxy) is 2. The Bertz CT molecular complexity index is 1100. The van der Waals surface area contributed by atoms with E-state index < -0.39 is 17.0 Å². The first-order chi connectivity index (χ1) is 13.3. The fourth-order valence-corrected chi connectivity index (χ4v) is 2.24. The van der Waals surface area contributed by atoms with Crippen LogP contribution in [0.2, 0.25) is 0 Å². The minimum atomic E-state index is -4.65. The van der Waals surface area contributed by atoms with Crippen LogP contribution in [0.4, 0.5) is 0 Å². The molecule has 1 N–H and O–H groups in total. The van der Waals surface area contributed by atoms with Crippen molar-refractivity contribution in [1.29, 1.82) is 10.5 Å². The fourth-order valence-electron chi connectivity index (χ4n) is 1.96. The third-order valence-corrected chi connectivity index (χ3v) is 3.53. The molecule has 144 valence electrons. The van der Waals surface area contributed by atoms with Gasteiger partial charge in [0, 0.05) is 10.4 Å². The summed E-state index contributed by atoms with van der Waals surface area (Å²) in [6.07, 6.45) is 0.636. The molecule has 0 saturated heterocycles. The normalized spacial score (nSPS) is 12.5. The molecule has 0 amide bonds. The van der Waals surface area contributed by atoms with Crippen molar-refractivity contribution >= 4 is 21.8 Å². The lowest BCUT2D eigenvalue weighted by Crippen LogP contribution is -2.21. The summed E-state index contributed by atoms with van der Waals surface area (Å²) in [4.78, 5) is 6.24. The van der Waals surface area contributed by atoms with Crippen LogP contribution in [-0.2, 0) is 14.6 Å². The molecule has 1 rings (SSSR count). The molecule has 0 aliphatic carbocycles. The van der Waals surface area contributed by atoms with Crippen molar-refractivity contribution in [2.45, 2.75) is 13.3 Å². The van der Waals surface area contributed by atoms with Gasteiger partial charge in [-0.25, -0.2) is 24.4 Å². The zero-order valence-electron chi connectivity index (χ0n) is 14.7. The Morgan fingerprint density at radius 1 is 1.04 bits per heavy atom. The van der Waals surface area contributed by atoms with Crippen molar-refractivity contribution in [3.63, 3.8) is 0 Å². The van der Waals surface area contributed by atoms with Gasteiger partial charge >= 0.3 is 10.4 Å². The SMILES string of the molecule is [C-]#[N+]/C(C#N)=c1/cc(OCCOS(=O)(=O)O)/c(=C(\C#N)[N+]#[C-])cc1OCCC. The second-order valence-electron chi connectivity index (χ2n) is 4.94. The van der Waals surface area contributed by atoms with Gasteiger partial charge in [0.25, 0.3) is 11.4 Å². The molecule has 0 saturated carbocycles. The molecule has 0 aromatic heterocycles. The maximum Gasteiger partial charge on any atom is 0.397 e. The molecule has 0 heterocycles. The maximum absolute atomic E-state index is 10.6. The minimum Gasteiger partial charge on any atom is -0.494 e. The summed E-state index contributed by atoms with van der Waals surface area (Å²) >= 11 is 0. The van der Waals surface area contributed by atoms with Gasteiger partial charge in [0.15, 0.2) is 0 Å². The highest BCUT2D eigenvalue weighted by Gasteiger charge is 2.12. The first-order valence-corrected chi connectivity index (χ1v) is 9.03. The van der Waals surface area contributed by atoms with Crippen molar-refractivity contribution in [2.24, 2.45) is 0 Å². The van der Waals surface area contributed by atoms with E-state index in [1.807, 2.05) is 6.92 Å². The van der Waals surface area contributed by atoms with Crippen LogP contribution in [0.5, 0.6) is 11.5 Å². The molecular weight excluding hydrogens is 388 g/mol. The summed E-state index contributed by atoms with van der Waals surface area (Å²) in [5, 5.41) is 18.5. The lowest BCUT2D eigenvalue weighted by Gasteiger charge is -2.11. The molecule has 0 atom stereocenters. The summed E-state index contributed by atoms with van der Waals surface area (Å²) in [6, 6.07) is 6.01. The number of benzene rings is 1. The molecule has 1 aromatic rings. The number of rotatable bonds is 8. The van der Waals surface area contributed by atoms with E-state index in [0.717, 1.165) is 0 Å². The second-order valence-corrected chi connectivity index (χ2v) is 6.03. The predicted octanol–water partition coefficient (Wildman–Crippen LogP) is 0.776. The van der Waals surface area contributed by atoms with E-state index in [1.165, 1.54) is 12.1 Å². The second kappa shape index (κ2) is 10.5. The molecule has 0 unspecified atom stereocenters. The van der Waals surface area contributed by atoms with Gasteiger partial charge in [-0.2, -0.15) is 8.42 Å². The molecule has 0 bridgehead atoms. The van der Waals surface area contributed by atoms with E-state index in [0.29, 0.717) is 6.42 Å². The van der Waals surface area contributed by atoms with Crippen LogP contribution in [0.1, 0.15) is 13.3 Å². The first kappa shape index (κ1) is 22.4. The first-order valence-electron chi connectivity index (χ1n) is 7.66. The molecule has 10 nitrogen and oxygen atoms in total. The quantitative estimate of drug-likeness (QED) is 0.382. The smallest absolute Gasteiger partial charge is 0.397 e. The molecule has 0 aliphatic rings. The molecule has 0 fully saturated rings. The van der Waals surface area contributed by atoms with E-state index in [2.05, 4.69) is 13.9 Å². The summed E-state index contributed by atoms with van der Waals surface area (Å²) in [5.41, 5.74) is -0.627. The van der Waals surface area contributed by atoms with E-state index in [-0.39, 0.29) is 46.5 Å². The van der Waals surface area contributed by atoms with Gasteiger partial charge in [0.1, 0.15) is 24.7 Å². The zero-order valence-corrected chi connectivity index (χ0v) is 15.5. The van der Waals surface area contributed by atoms with Crippen LogP contribution >= 0.6 is 0 Å². The molecule has 0 aliphatic heterocycles. The van der Waals surface area contributed by atoms with Crippen molar-refractivity contribution in [2.75, 3.05) is 19.8 Å². The third-order valence-electron chi connectivity index (χ3n) is 3.06. The summed E-state index contributed by atoms with van der Waals surface area (Å²) in [7, 11) is -4.65. The standard InChI is InChI=1S/C17H14N4O6S/c1-4-5-25-16-8-13(15(11-19)21-3)17(9-12(16)14(10-18)20-2)26-6-7-27-28(22,23)24/h8-9H,4-7H2,1H3,(H,22,23,24)/b14-12-,15-13+. The van der Waals surface area contributed by atoms with E-state index in [1.54, 1.807) is 12.1 Å². The van der Waals surface area contributed by atoms with Crippen LogP contribution in [0, 0.1) is 35.8 Å². The van der Waals surface area contributed by atoms with Crippen LogP contribution < -0.4 is 19.9 Å². The minimum absolute atomic E-state index is 0.0430. The average Bonchev–Trinajstić information content (AvgIpc) is 2.66. The molecule has 1 aromatic carbocycles. The van der Waals surface area contributed by atoms with E-state index >= 15 is 0 Å². The largest absolute Gasteiger partial charge is 0.494 e. The van der Waals surface area contributed by atoms with Crippen LogP contribution in [0.3, 0.4) is 0 Å². The number of nitriles is 2. The van der Waals surface area contributed by atoms with Gasteiger partial charge in [-0.15, -0.1) is 0 Å². The molecule has 0 spiro atoms. The Labute approximate surface area is 161 Å². The van der Waals surface area contributed by atoms with Crippen LogP contribution in [0.25, 0.3) is 21.1 Å². The van der Waals surface area contributed by atoms with Gasteiger partial charge in [-0.05, 0) is 18.6 Å². The summed E-state index contributed by atoms with van der Waals surface area (Å²) in [6.45, 7) is 15.5. The monoisotopic (exact) mass is 402 g/mol. The molecular formula is C17H14N4O6S. The Balaban J connectivity index is 3.63. The lowest BCUT2D eigenvalue weighted by molar-refractivity contribution is 0.200. The summed E-state index contributed by atoms with van der Waals surface area (Å²) in [5.74, 6) is 0.0732. The van der Waals surface area contributed by atoms with Crippen LogP contribution in [-0.4, -0.2) is 32.8 Å². The number of hydrogen-bond acceptors (Lipinski definition) is 7.